The Morgan fingerprint density at radius 2 is 2.11 bits per heavy atom. The summed E-state index contributed by atoms with van der Waals surface area (Å²) >= 11 is 0. The number of nitrogens with zero attached hydrogens (tertiary/aromatic N) is 1. The minimum absolute atomic E-state index is 0.0669. The molecule has 4 unspecified atom stereocenters. The Bertz CT molecular complexity index is 472. The van der Waals surface area contributed by atoms with Crippen molar-refractivity contribution in [2.75, 3.05) is 6.61 Å². The smallest absolute Gasteiger partial charge is 0.202 e. The van der Waals surface area contributed by atoms with Gasteiger partial charge in [0.1, 0.15) is 24.0 Å². The van der Waals surface area contributed by atoms with E-state index in [1.807, 2.05) is 6.07 Å². The van der Waals surface area contributed by atoms with E-state index in [1.165, 1.54) is 0 Å². The van der Waals surface area contributed by atoms with Crippen molar-refractivity contribution < 1.29 is 24.8 Å². The largest absolute Gasteiger partial charge is 0.463 e. The summed E-state index contributed by atoms with van der Waals surface area (Å²) in [5, 5.41) is 37.2. The molecular weight excluding hydrogens is 250 g/mol. The SMILES string of the molecule is N#Cc1ccccc1OC1CC(O)C(O)C(CO)O1. The Balaban J connectivity index is 2.09. The van der Waals surface area contributed by atoms with Crippen LogP contribution in [0.15, 0.2) is 24.3 Å². The molecule has 6 nitrogen and oxygen atoms in total. The maximum atomic E-state index is 9.67. The lowest BCUT2D eigenvalue weighted by Crippen LogP contribution is -2.51. The third-order valence-corrected chi connectivity index (χ3v) is 2.98. The van der Waals surface area contributed by atoms with Crippen LogP contribution in [-0.4, -0.2) is 46.5 Å². The van der Waals surface area contributed by atoms with Crippen LogP contribution in [0.5, 0.6) is 5.75 Å². The third kappa shape index (κ3) is 3.03. The highest BCUT2D eigenvalue weighted by Gasteiger charge is 2.37. The van der Waals surface area contributed by atoms with Gasteiger partial charge in [0.2, 0.25) is 6.29 Å². The van der Waals surface area contributed by atoms with Crippen LogP contribution in [0.2, 0.25) is 0 Å². The van der Waals surface area contributed by atoms with Crippen LogP contribution in [0.25, 0.3) is 0 Å². The number of aliphatic hydroxyl groups is 3. The van der Waals surface area contributed by atoms with Crippen LogP contribution in [0.3, 0.4) is 0 Å². The molecule has 1 heterocycles. The van der Waals surface area contributed by atoms with Gasteiger partial charge in [0, 0.05) is 6.42 Å². The van der Waals surface area contributed by atoms with Gasteiger partial charge in [0.15, 0.2) is 0 Å². The Kier molecular flexibility index (Phi) is 4.35. The maximum absolute atomic E-state index is 9.67. The number of rotatable bonds is 3. The minimum atomic E-state index is -1.14. The maximum Gasteiger partial charge on any atom is 0.202 e. The highest BCUT2D eigenvalue weighted by Crippen LogP contribution is 2.25. The average molecular weight is 265 g/mol. The standard InChI is InChI=1S/C13H15NO5/c14-6-8-3-1-2-4-10(8)18-12-5-9(16)13(17)11(7-15)19-12/h1-4,9,11-13,15-17H,5,7H2. The number of benzene rings is 1. The van der Waals surface area contributed by atoms with Crippen LogP contribution in [0, 0.1) is 11.3 Å². The van der Waals surface area contributed by atoms with Gasteiger partial charge < -0.3 is 24.8 Å². The van der Waals surface area contributed by atoms with Crippen LogP contribution in [0.4, 0.5) is 0 Å². The van der Waals surface area contributed by atoms with Gasteiger partial charge in [0.05, 0.1) is 18.3 Å². The number of hydrogen-bond acceptors (Lipinski definition) is 6. The molecule has 1 fully saturated rings. The van der Waals surface area contributed by atoms with Gasteiger partial charge in [-0.2, -0.15) is 5.26 Å². The zero-order valence-electron chi connectivity index (χ0n) is 10.1. The molecule has 1 aromatic rings. The predicted octanol–water partition coefficient (Wildman–Crippen LogP) is -0.234. The highest BCUT2D eigenvalue weighted by molar-refractivity contribution is 5.42. The molecule has 0 amide bonds. The van der Waals surface area contributed by atoms with Gasteiger partial charge in [-0.25, -0.2) is 0 Å². The lowest BCUT2D eigenvalue weighted by molar-refractivity contribution is -0.230. The number of hydrogen-bond donors (Lipinski definition) is 3. The second-order valence-electron chi connectivity index (χ2n) is 4.31. The first-order valence-corrected chi connectivity index (χ1v) is 5.94. The Labute approximate surface area is 110 Å². The van der Waals surface area contributed by atoms with E-state index >= 15 is 0 Å². The van der Waals surface area contributed by atoms with Gasteiger partial charge in [-0.1, -0.05) is 12.1 Å². The second-order valence-corrected chi connectivity index (χ2v) is 4.31. The molecule has 1 aromatic carbocycles. The first-order chi connectivity index (χ1) is 9.15. The summed E-state index contributed by atoms with van der Waals surface area (Å²) in [5.41, 5.74) is 0.354. The summed E-state index contributed by atoms with van der Waals surface area (Å²) in [7, 11) is 0. The van der Waals surface area contributed by atoms with Crippen molar-refractivity contribution in [3.8, 4) is 11.8 Å². The van der Waals surface area contributed by atoms with Crippen LogP contribution in [0.1, 0.15) is 12.0 Å². The summed E-state index contributed by atoms with van der Waals surface area (Å²) in [5.74, 6) is 0.343. The number of para-hydroxylation sites is 1. The normalized spacial score (nSPS) is 30.6. The first-order valence-electron chi connectivity index (χ1n) is 5.94. The van der Waals surface area contributed by atoms with Gasteiger partial charge in [-0.15, -0.1) is 0 Å². The van der Waals surface area contributed by atoms with Crippen molar-refractivity contribution in [3.05, 3.63) is 29.8 Å². The molecule has 0 spiro atoms. The molecule has 2 rings (SSSR count). The van der Waals surface area contributed by atoms with Gasteiger partial charge in [-0.05, 0) is 12.1 Å². The Hall–Kier alpha value is -1.65. The number of aliphatic hydroxyl groups excluding tert-OH is 3. The van der Waals surface area contributed by atoms with Crippen molar-refractivity contribution >= 4 is 0 Å². The average Bonchev–Trinajstić information content (AvgIpc) is 2.43. The van der Waals surface area contributed by atoms with E-state index in [9.17, 15) is 10.2 Å². The summed E-state index contributed by atoms with van der Waals surface area (Å²) in [6.07, 6.45) is -3.83. The van der Waals surface area contributed by atoms with Gasteiger partial charge >= 0.3 is 0 Å². The first kappa shape index (κ1) is 13.8. The van der Waals surface area contributed by atoms with Crippen molar-refractivity contribution in [1.82, 2.24) is 0 Å². The fourth-order valence-corrected chi connectivity index (χ4v) is 1.95. The third-order valence-electron chi connectivity index (χ3n) is 2.98. The fourth-order valence-electron chi connectivity index (χ4n) is 1.95. The highest BCUT2D eigenvalue weighted by atomic mass is 16.7. The Morgan fingerprint density at radius 3 is 2.79 bits per heavy atom. The molecule has 4 atom stereocenters. The molecule has 102 valence electrons. The molecule has 3 N–H and O–H groups in total. The molecule has 19 heavy (non-hydrogen) atoms. The number of ether oxygens (including phenoxy) is 2. The summed E-state index contributed by atoms with van der Waals surface area (Å²) in [6.45, 7) is -0.419. The summed E-state index contributed by atoms with van der Waals surface area (Å²) in [6, 6.07) is 8.64. The van der Waals surface area contributed by atoms with Crippen LogP contribution in [-0.2, 0) is 4.74 Å². The van der Waals surface area contributed by atoms with E-state index in [4.69, 9.17) is 19.8 Å². The molecule has 0 bridgehead atoms. The van der Waals surface area contributed by atoms with E-state index in [-0.39, 0.29) is 6.42 Å². The van der Waals surface area contributed by atoms with E-state index < -0.39 is 31.2 Å². The Morgan fingerprint density at radius 1 is 1.37 bits per heavy atom. The molecule has 1 aliphatic rings. The lowest BCUT2D eigenvalue weighted by atomic mass is 10.0. The van der Waals surface area contributed by atoms with Gasteiger partial charge in [-0.3, -0.25) is 0 Å². The minimum Gasteiger partial charge on any atom is -0.463 e. The monoisotopic (exact) mass is 265 g/mol. The van der Waals surface area contributed by atoms with Crippen LogP contribution < -0.4 is 4.74 Å². The lowest BCUT2D eigenvalue weighted by Gasteiger charge is -2.36. The summed E-state index contributed by atoms with van der Waals surface area (Å²) in [4.78, 5) is 0. The molecule has 0 saturated carbocycles. The van der Waals surface area contributed by atoms with Crippen LogP contribution >= 0.6 is 0 Å². The zero-order valence-corrected chi connectivity index (χ0v) is 10.1. The van der Waals surface area contributed by atoms with Gasteiger partial charge in [0.25, 0.3) is 0 Å². The molecule has 0 aliphatic carbocycles. The predicted molar refractivity (Wildman–Crippen MR) is 64.2 cm³/mol. The van der Waals surface area contributed by atoms with E-state index in [0.717, 1.165) is 0 Å². The number of nitriles is 1. The van der Waals surface area contributed by atoms with E-state index in [0.29, 0.717) is 11.3 Å². The quantitative estimate of drug-likeness (QED) is 0.697. The zero-order chi connectivity index (χ0) is 13.8. The summed E-state index contributed by atoms with van der Waals surface area (Å²) < 4.78 is 10.8. The topological polar surface area (TPSA) is 103 Å². The molecule has 0 radical (unpaired) electrons. The fraction of sp³-hybridized carbons (Fsp3) is 0.462. The molecule has 1 aliphatic heterocycles. The van der Waals surface area contributed by atoms with Crippen molar-refractivity contribution in [1.29, 1.82) is 5.26 Å². The molecule has 6 heteroatoms. The van der Waals surface area contributed by atoms with Crippen molar-refractivity contribution in [2.45, 2.75) is 31.0 Å². The van der Waals surface area contributed by atoms with E-state index in [2.05, 4.69) is 0 Å². The molecule has 0 aromatic heterocycles. The molecular formula is C13H15NO5. The molecule has 1 saturated heterocycles. The second kappa shape index (κ2) is 5.99. The van der Waals surface area contributed by atoms with Crippen molar-refractivity contribution in [2.24, 2.45) is 0 Å². The van der Waals surface area contributed by atoms with E-state index in [1.54, 1.807) is 24.3 Å². The van der Waals surface area contributed by atoms with Crippen molar-refractivity contribution in [3.63, 3.8) is 0 Å².